The van der Waals surface area contributed by atoms with Crippen LogP contribution in [0.5, 0.6) is 0 Å². The molecule has 1 aliphatic carbocycles. The number of allylic oxidation sites excluding steroid dienone is 2. The largest absolute Gasteiger partial charge is 0.466 e. The summed E-state index contributed by atoms with van der Waals surface area (Å²) < 4.78 is 32.5. The molecule has 180 valence electrons. The summed E-state index contributed by atoms with van der Waals surface area (Å²) in [6.07, 6.45) is 6.33. The van der Waals surface area contributed by atoms with Gasteiger partial charge in [0.25, 0.3) is 0 Å². The smallest absolute Gasteiger partial charge is 0.305 e. The maximum absolute atomic E-state index is 12.4. The first-order valence-corrected chi connectivity index (χ1v) is 13.2. The van der Waals surface area contributed by atoms with Crippen molar-refractivity contribution >= 4 is 16.0 Å². The summed E-state index contributed by atoms with van der Waals surface area (Å²) in [5.41, 5.74) is 0.954. The Morgan fingerprint density at radius 1 is 1.16 bits per heavy atom. The van der Waals surface area contributed by atoms with Crippen LogP contribution in [0.1, 0.15) is 51.0 Å². The second-order valence-corrected chi connectivity index (χ2v) is 10.3. The molecule has 1 aliphatic rings. The Kier molecular flexibility index (Phi) is 11.4. The van der Waals surface area contributed by atoms with Gasteiger partial charge in [0.05, 0.1) is 24.6 Å². The van der Waals surface area contributed by atoms with Crippen LogP contribution >= 0.6 is 0 Å². The molecule has 4 atom stereocenters. The molecule has 3 N–H and O–H groups in total. The molecule has 1 aromatic carbocycles. The molecule has 0 amide bonds. The average molecular weight is 468 g/mol. The Morgan fingerprint density at radius 2 is 1.88 bits per heavy atom. The van der Waals surface area contributed by atoms with Gasteiger partial charge >= 0.3 is 5.97 Å². The topological polar surface area (TPSA) is 113 Å². The molecular weight excluding hydrogens is 430 g/mol. The third-order valence-corrected chi connectivity index (χ3v) is 7.20. The predicted molar refractivity (Wildman–Crippen MR) is 124 cm³/mol. The fraction of sp³-hybridized carbons (Fsp3) is 0.625. The van der Waals surface area contributed by atoms with E-state index >= 15 is 0 Å². The number of carbonyl (C=O) groups is 1. The molecule has 1 aromatic rings. The van der Waals surface area contributed by atoms with E-state index in [1.54, 1.807) is 0 Å². The number of ether oxygens (including phenoxy) is 1. The number of rotatable bonds is 14. The molecular formula is C24H37NO6S. The van der Waals surface area contributed by atoms with Gasteiger partial charge in [0.1, 0.15) is 0 Å². The number of nitrogens with one attached hydrogen (secondary N) is 1. The van der Waals surface area contributed by atoms with Crippen molar-refractivity contribution in [3.63, 3.8) is 0 Å². The van der Waals surface area contributed by atoms with Crippen LogP contribution in [0.3, 0.4) is 0 Å². The molecule has 7 nitrogen and oxygen atoms in total. The van der Waals surface area contributed by atoms with E-state index in [2.05, 4.69) is 4.72 Å². The molecule has 0 heterocycles. The number of sulfonamides is 1. The summed E-state index contributed by atoms with van der Waals surface area (Å²) >= 11 is 0. The lowest BCUT2D eigenvalue weighted by Gasteiger charge is -2.22. The van der Waals surface area contributed by atoms with Gasteiger partial charge in [-0.1, -0.05) is 49.4 Å². The summed E-state index contributed by atoms with van der Waals surface area (Å²) in [5, 5.41) is 20.7. The highest BCUT2D eigenvalue weighted by atomic mass is 32.2. The Hall–Kier alpha value is -1.74. The van der Waals surface area contributed by atoms with E-state index in [1.165, 1.54) is 0 Å². The number of unbranched alkanes of at least 4 members (excludes halogenated alkanes) is 1. The molecule has 0 spiro atoms. The zero-order valence-corrected chi connectivity index (χ0v) is 19.7. The van der Waals surface area contributed by atoms with E-state index in [0.29, 0.717) is 32.3 Å². The van der Waals surface area contributed by atoms with Crippen molar-refractivity contribution in [1.29, 1.82) is 0 Å². The number of hydrogen-bond acceptors (Lipinski definition) is 6. The van der Waals surface area contributed by atoms with E-state index in [9.17, 15) is 23.4 Å². The van der Waals surface area contributed by atoms with E-state index in [-0.39, 0.29) is 36.5 Å². The van der Waals surface area contributed by atoms with Gasteiger partial charge in [0.15, 0.2) is 0 Å². The minimum Gasteiger partial charge on any atom is -0.466 e. The van der Waals surface area contributed by atoms with Crippen LogP contribution in [0, 0.1) is 11.8 Å². The zero-order chi connectivity index (χ0) is 23.4. The summed E-state index contributed by atoms with van der Waals surface area (Å²) in [7, 11) is -3.48. The van der Waals surface area contributed by atoms with Gasteiger partial charge in [-0.15, -0.1) is 0 Å². The Labute approximate surface area is 191 Å². The third-order valence-electron chi connectivity index (χ3n) is 5.86. The maximum Gasteiger partial charge on any atom is 0.305 e. The molecule has 0 aliphatic heterocycles. The van der Waals surface area contributed by atoms with Crippen molar-refractivity contribution in [2.45, 2.75) is 64.1 Å². The van der Waals surface area contributed by atoms with Crippen LogP contribution in [0.2, 0.25) is 0 Å². The first-order chi connectivity index (χ1) is 15.3. The molecule has 0 unspecified atom stereocenters. The molecule has 32 heavy (non-hydrogen) atoms. The molecule has 0 bridgehead atoms. The van der Waals surface area contributed by atoms with E-state index in [0.717, 1.165) is 18.4 Å². The molecule has 8 heteroatoms. The predicted octanol–water partition coefficient (Wildman–Crippen LogP) is 2.58. The lowest BCUT2D eigenvalue weighted by molar-refractivity contribution is -0.143. The Balaban J connectivity index is 1.76. The Morgan fingerprint density at radius 3 is 2.59 bits per heavy atom. The fourth-order valence-corrected chi connectivity index (χ4v) is 5.10. The number of hydrogen-bond donors (Lipinski definition) is 3. The van der Waals surface area contributed by atoms with Crippen LogP contribution in [0.15, 0.2) is 42.5 Å². The Bertz CT molecular complexity index is 811. The van der Waals surface area contributed by atoms with Crippen LogP contribution in [-0.4, -0.2) is 55.7 Å². The van der Waals surface area contributed by atoms with Gasteiger partial charge in [-0.3, -0.25) is 4.79 Å². The highest BCUT2D eigenvalue weighted by molar-refractivity contribution is 7.89. The highest BCUT2D eigenvalue weighted by Gasteiger charge is 2.41. The zero-order valence-electron chi connectivity index (χ0n) is 18.9. The van der Waals surface area contributed by atoms with Crippen LogP contribution < -0.4 is 4.72 Å². The highest BCUT2D eigenvalue weighted by Crippen LogP contribution is 2.35. The monoisotopic (exact) mass is 467 g/mol. The summed E-state index contributed by atoms with van der Waals surface area (Å²) in [6, 6.07) is 9.43. The van der Waals surface area contributed by atoms with Gasteiger partial charge < -0.3 is 14.9 Å². The maximum atomic E-state index is 12.4. The molecule has 0 radical (unpaired) electrons. The number of aliphatic hydroxyl groups excluding tert-OH is 2. The van der Waals surface area contributed by atoms with E-state index in [1.807, 2.05) is 49.4 Å². The first kappa shape index (κ1) is 26.5. The summed E-state index contributed by atoms with van der Waals surface area (Å²) in [6.45, 7) is 2.51. The van der Waals surface area contributed by atoms with Gasteiger partial charge in [0.2, 0.25) is 10.0 Å². The van der Waals surface area contributed by atoms with Crippen LogP contribution in [0.4, 0.5) is 0 Å². The fourth-order valence-electron chi connectivity index (χ4n) is 4.00. The van der Waals surface area contributed by atoms with Crippen molar-refractivity contribution in [2.75, 3.05) is 18.9 Å². The number of benzene rings is 1. The normalized spacial score (nSPS) is 23.6. The third kappa shape index (κ3) is 9.40. The summed E-state index contributed by atoms with van der Waals surface area (Å²) in [5.74, 6) is -0.764. The summed E-state index contributed by atoms with van der Waals surface area (Å²) in [4.78, 5) is 11.5. The lowest BCUT2D eigenvalue weighted by atomic mass is 9.90. The van der Waals surface area contributed by atoms with Gasteiger partial charge in [-0.25, -0.2) is 13.1 Å². The standard InChI is InChI=1S/C24H37NO6S/c1-2-15-31-24(28)13-9-4-3-8-12-20-21(23(27)17-22(20)26)18-25-32(29,30)16-14-19-10-6-5-7-11-19/h3,5-8,10-11,20-23,25-27H,2,4,9,12-18H2,1H3/b8-3+/t20-,21-,22+,23-/m1/s1. The number of aliphatic hydroxyl groups is 2. The SMILES string of the molecule is CCCOC(=O)CCC/C=C/C[C@@H]1[C@@H](CNS(=O)(=O)CCc2ccccc2)[C@H](O)C[C@@H]1O. The second-order valence-electron chi connectivity index (χ2n) is 8.42. The van der Waals surface area contributed by atoms with Crippen molar-refractivity contribution in [1.82, 2.24) is 4.72 Å². The van der Waals surface area contributed by atoms with Gasteiger partial charge in [0, 0.05) is 18.9 Å². The quantitative estimate of drug-likeness (QED) is 0.220. The van der Waals surface area contributed by atoms with Crippen molar-refractivity contribution < 1.29 is 28.2 Å². The van der Waals surface area contributed by atoms with Crippen molar-refractivity contribution in [2.24, 2.45) is 11.8 Å². The van der Waals surface area contributed by atoms with Gasteiger partial charge in [-0.05, 0) is 50.0 Å². The molecule has 1 fully saturated rings. The molecule has 2 rings (SSSR count). The minimum absolute atomic E-state index is 0.0202. The van der Waals surface area contributed by atoms with Crippen LogP contribution in [0.25, 0.3) is 0 Å². The second kappa shape index (κ2) is 13.7. The van der Waals surface area contributed by atoms with Crippen LogP contribution in [-0.2, 0) is 26.0 Å². The molecule has 0 saturated heterocycles. The van der Waals surface area contributed by atoms with Crippen molar-refractivity contribution in [3.8, 4) is 0 Å². The number of aryl methyl sites for hydroxylation is 1. The molecule has 1 saturated carbocycles. The first-order valence-electron chi connectivity index (χ1n) is 11.5. The van der Waals surface area contributed by atoms with E-state index < -0.39 is 22.2 Å². The number of esters is 1. The van der Waals surface area contributed by atoms with E-state index in [4.69, 9.17) is 4.74 Å². The minimum atomic E-state index is -3.48. The molecule has 0 aromatic heterocycles. The van der Waals surface area contributed by atoms with Gasteiger partial charge in [-0.2, -0.15) is 0 Å². The average Bonchev–Trinajstić information content (AvgIpc) is 3.04. The van der Waals surface area contributed by atoms with Crippen molar-refractivity contribution in [3.05, 3.63) is 48.0 Å². The number of carbonyl (C=O) groups excluding carboxylic acids is 1. The lowest BCUT2D eigenvalue weighted by Crippen LogP contribution is -2.37.